The molecule has 0 fully saturated rings. The van der Waals surface area contributed by atoms with E-state index >= 15 is 0 Å². The van der Waals surface area contributed by atoms with Crippen LogP contribution in [0.4, 0.5) is 0 Å². The molecule has 2 N–H and O–H groups in total. The molecule has 4 rings (SSSR count). The minimum atomic E-state index is -0.267. The van der Waals surface area contributed by atoms with Crippen LogP contribution in [0, 0.1) is 0 Å². The predicted molar refractivity (Wildman–Crippen MR) is 106 cm³/mol. The number of pyridine rings is 1. The highest BCUT2D eigenvalue weighted by Gasteiger charge is 2.18. The number of amides is 1. The van der Waals surface area contributed by atoms with E-state index in [1.807, 2.05) is 66.7 Å². The summed E-state index contributed by atoms with van der Waals surface area (Å²) in [6, 6.07) is 21.0. The fourth-order valence-electron chi connectivity index (χ4n) is 3.05. The first-order valence-corrected chi connectivity index (χ1v) is 8.98. The van der Waals surface area contributed by atoms with Gasteiger partial charge in [-0.25, -0.2) is 4.98 Å². The van der Waals surface area contributed by atoms with Crippen molar-refractivity contribution in [3.63, 3.8) is 0 Å². The summed E-state index contributed by atoms with van der Waals surface area (Å²) in [5.41, 5.74) is 3.60. The van der Waals surface area contributed by atoms with Gasteiger partial charge in [0.25, 0.3) is 5.91 Å². The van der Waals surface area contributed by atoms with Crippen molar-refractivity contribution in [2.24, 2.45) is 0 Å². The molecule has 0 radical (unpaired) electrons. The van der Waals surface area contributed by atoms with E-state index in [1.165, 1.54) is 6.33 Å². The summed E-state index contributed by atoms with van der Waals surface area (Å²) < 4.78 is 0. The maximum absolute atomic E-state index is 12.9. The molecule has 1 atom stereocenters. The summed E-state index contributed by atoms with van der Waals surface area (Å²) in [5.74, 6) is 0.654. The molecule has 6 heteroatoms. The minimum Gasteiger partial charge on any atom is -0.341 e. The number of nitrogens with zero attached hydrogens (tertiary/aromatic N) is 3. The first-order chi connectivity index (χ1) is 13.8. The van der Waals surface area contributed by atoms with Gasteiger partial charge in [-0.15, -0.1) is 0 Å². The van der Waals surface area contributed by atoms with Crippen molar-refractivity contribution in [2.45, 2.75) is 12.5 Å². The molecular formula is C22H19N5O. The van der Waals surface area contributed by atoms with Crippen LogP contribution in [0.25, 0.3) is 0 Å². The SMILES string of the molecule is O=C(NC(c1ccccc1)c1cccnc1)c1ccc(Cc2ncn[nH]2)cc1. The number of hydrogen-bond acceptors (Lipinski definition) is 4. The van der Waals surface area contributed by atoms with Crippen molar-refractivity contribution in [1.82, 2.24) is 25.5 Å². The lowest BCUT2D eigenvalue weighted by atomic mass is 9.99. The van der Waals surface area contributed by atoms with Crippen LogP contribution < -0.4 is 5.32 Å². The van der Waals surface area contributed by atoms with Crippen LogP contribution in [0.5, 0.6) is 0 Å². The standard InChI is InChI=1S/C22H19N5O/c28-22(18-10-8-16(9-11-18)13-20-24-15-25-27-20)26-21(17-5-2-1-3-6-17)19-7-4-12-23-14-19/h1-12,14-15,21H,13H2,(H,26,28)(H,24,25,27). The molecule has 2 aromatic heterocycles. The molecule has 0 saturated heterocycles. The number of H-pyrrole nitrogens is 1. The lowest BCUT2D eigenvalue weighted by Crippen LogP contribution is -2.29. The molecule has 6 nitrogen and oxygen atoms in total. The highest BCUT2D eigenvalue weighted by Crippen LogP contribution is 2.22. The number of carbonyl (C=O) groups is 1. The molecule has 4 aromatic rings. The van der Waals surface area contributed by atoms with Gasteiger partial charge in [-0.2, -0.15) is 5.10 Å². The van der Waals surface area contributed by atoms with Gasteiger partial charge in [-0.1, -0.05) is 48.5 Å². The maximum Gasteiger partial charge on any atom is 0.252 e. The van der Waals surface area contributed by atoms with E-state index < -0.39 is 0 Å². The average Bonchev–Trinajstić information content (AvgIpc) is 3.27. The van der Waals surface area contributed by atoms with Crippen LogP contribution in [0.2, 0.25) is 0 Å². The second-order valence-corrected chi connectivity index (χ2v) is 6.41. The number of hydrogen-bond donors (Lipinski definition) is 2. The van der Waals surface area contributed by atoms with Gasteiger partial charge in [0.1, 0.15) is 12.2 Å². The smallest absolute Gasteiger partial charge is 0.252 e. The van der Waals surface area contributed by atoms with Crippen molar-refractivity contribution in [2.75, 3.05) is 0 Å². The fraction of sp³-hybridized carbons (Fsp3) is 0.0909. The van der Waals surface area contributed by atoms with E-state index in [-0.39, 0.29) is 11.9 Å². The van der Waals surface area contributed by atoms with E-state index in [9.17, 15) is 4.79 Å². The Morgan fingerprint density at radius 3 is 2.43 bits per heavy atom. The van der Waals surface area contributed by atoms with E-state index in [4.69, 9.17) is 0 Å². The Morgan fingerprint density at radius 2 is 1.75 bits per heavy atom. The quantitative estimate of drug-likeness (QED) is 0.546. The second kappa shape index (κ2) is 8.26. The first-order valence-electron chi connectivity index (χ1n) is 8.98. The summed E-state index contributed by atoms with van der Waals surface area (Å²) in [6.07, 6.45) is 5.63. The molecule has 0 aliphatic heterocycles. The van der Waals surface area contributed by atoms with E-state index in [0.29, 0.717) is 12.0 Å². The van der Waals surface area contributed by atoms with Gasteiger partial charge in [-0.05, 0) is 34.9 Å². The first kappa shape index (κ1) is 17.6. The van der Waals surface area contributed by atoms with Crippen LogP contribution in [-0.2, 0) is 6.42 Å². The molecule has 0 bridgehead atoms. The Kier molecular flexibility index (Phi) is 5.20. The van der Waals surface area contributed by atoms with Gasteiger partial charge in [0.15, 0.2) is 0 Å². The van der Waals surface area contributed by atoms with E-state index in [0.717, 1.165) is 22.5 Å². The summed E-state index contributed by atoms with van der Waals surface area (Å²) in [7, 11) is 0. The zero-order valence-electron chi connectivity index (χ0n) is 15.1. The second-order valence-electron chi connectivity index (χ2n) is 6.41. The molecule has 0 aliphatic rings. The van der Waals surface area contributed by atoms with E-state index in [2.05, 4.69) is 25.5 Å². The van der Waals surface area contributed by atoms with Crippen molar-refractivity contribution in [1.29, 1.82) is 0 Å². The normalized spacial score (nSPS) is 11.7. The molecule has 138 valence electrons. The lowest BCUT2D eigenvalue weighted by Gasteiger charge is -2.19. The third kappa shape index (κ3) is 4.12. The third-order valence-electron chi connectivity index (χ3n) is 4.48. The molecule has 2 aromatic carbocycles. The van der Waals surface area contributed by atoms with Crippen molar-refractivity contribution < 1.29 is 4.79 Å². The fourth-order valence-corrected chi connectivity index (χ4v) is 3.05. The predicted octanol–water partition coefficient (Wildman–Crippen LogP) is 3.31. The number of carbonyl (C=O) groups excluding carboxylic acids is 1. The van der Waals surface area contributed by atoms with Gasteiger partial charge >= 0.3 is 0 Å². The molecule has 0 spiro atoms. The summed E-state index contributed by atoms with van der Waals surface area (Å²) in [5, 5.41) is 9.81. The maximum atomic E-state index is 12.9. The number of aromatic nitrogens is 4. The molecule has 2 heterocycles. The van der Waals surface area contributed by atoms with Gasteiger partial charge in [0.05, 0.1) is 6.04 Å². The van der Waals surface area contributed by atoms with Gasteiger partial charge in [-0.3, -0.25) is 14.9 Å². The Labute approximate surface area is 162 Å². The average molecular weight is 369 g/mol. The van der Waals surface area contributed by atoms with Crippen LogP contribution >= 0.6 is 0 Å². The Balaban J connectivity index is 1.53. The Bertz CT molecular complexity index is 976. The summed E-state index contributed by atoms with van der Waals surface area (Å²) in [6.45, 7) is 0. The number of aromatic amines is 1. The van der Waals surface area contributed by atoms with Crippen LogP contribution in [0.1, 0.15) is 38.9 Å². The number of benzene rings is 2. The van der Waals surface area contributed by atoms with Gasteiger partial charge < -0.3 is 5.32 Å². The van der Waals surface area contributed by atoms with Crippen molar-refractivity contribution in [3.05, 3.63) is 114 Å². The summed E-state index contributed by atoms with van der Waals surface area (Å²) >= 11 is 0. The highest BCUT2D eigenvalue weighted by molar-refractivity contribution is 5.94. The van der Waals surface area contributed by atoms with Gasteiger partial charge in [0, 0.05) is 24.4 Å². The number of nitrogens with one attached hydrogen (secondary N) is 2. The molecule has 28 heavy (non-hydrogen) atoms. The van der Waals surface area contributed by atoms with Gasteiger partial charge in [0.2, 0.25) is 0 Å². The van der Waals surface area contributed by atoms with Crippen molar-refractivity contribution in [3.8, 4) is 0 Å². The zero-order valence-corrected chi connectivity index (χ0v) is 15.1. The summed E-state index contributed by atoms with van der Waals surface area (Å²) in [4.78, 5) is 21.2. The Morgan fingerprint density at radius 1 is 0.964 bits per heavy atom. The van der Waals surface area contributed by atoms with Crippen molar-refractivity contribution >= 4 is 5.91 Å². The van der Waals surface area contributed by atoms with Crippen LogP contribution in [0.3, 0.4) is 0 Å². The topological polar surface area (TPSA) is 83.6 Å². The zero-order chi connectivity index (χ0) is 19.2. The minimum absolute atomic E-state index is 0.135. The largest absolute Gasteiger partial charge is 0.341 e. The monoisotopic (exact) mass is 369 g/mol. The Hall–Kier alpha value is -3.80. The molecule has 1 unspecified atom stereocenters. The third-order valence-corrected chi connectivity index (χ3v) is 4.48. The molecule has 1 amide bonds. The van der Waals surface area contributed by atoms with Crippen LogP contribution in [0.15, 0.2) is 85.5 Å². The lowest BCUT2D eigenvalue weighted by molar-refractivity contribution is 0.0943. The number of rotatable bonds is 6. The highest BCUT2D eigenvalue weighted by atomic mass is 16.1. The van der Waals surface area contributed by atoms with E-state index in [1.54, 1.807) is 12.4 Å². The van der Waals surface area contributed by atoms with Crippen LogP contribution in [-0.4, -0.2) is 26.1 Å². The molecule has 0 aliphatic carbocycles. The molecular weight excluding hydrogens is 350 g/mol. The molecule has 0 saturated carbocycles.